The number of rotatable bonds is 5. The fraction of sp³-hybridized carbons (Fsp3) is 0.500. The molecule has 0 unspecified atom stereocenters. The Balaban J connectivity index is 2.84. The fourth-order valence-corrected chi connectivity index (χ4v) is 1.62. The number of methoxy groups -OCH3 is 1. The van der Waals surface area contributed by atoms with Gasteiger partial charge in [0.1, 0.15) is 5.75 Å². The lowest BCUT2D eigenvalue weighted by Crippen LogP contribution is -2.26. The average Bonchev–Trinajstić information content (AvgIpc) is 2.28. The maximum Gasteiger partial charge on any atom is 0.123 e. The maximum atomic E-state index is 9.81. The highest BCUT2D eigenvalue weighted by Crippen LogP contribution is 2.26. The normalized spacial score (nSPS) is 14.7. The summed E-state index contributed by atoms with van der Waals surface area (Å²) in [5, 5.41) is 9.81. The molecule has 0 aliphatic heterocycles. The number of aliphatic hydroxyl groups is 1. The minimum Gasteiger partial charge on any atom is -0.496 e. The summed E-state index contributed by atoms with van der Waals surface area (Å²) < 4.78 is 5.20. The van der Waals surface area contributed by atoms with E-state index in [0.717, 1.165) is 17.7 Å². The van der Waals surface area contributed by atoms with E-state index in [1.165, 1.54) is 0 Å². The van der Waals surface area contributed by atoms with Crippen molar-refractivity contribution in [1.29, 1.82) is 0 Å². The number of nitrogens with two attached hydrogens (primary N) is 1. The van der Waals surface area contributed by atoms with Crippen LogP contribution in [0.2, 0.25) is 0 Å². The van der Waals surface area contributed by atoms with Crippen LogP contribution in [0.15, 0.2) is 24.3 Å². The third-order valence-electron chi connectivity index (χ3n) is 2.50. The first kappa shape index (κ1) is 12.0. The summed E-state index contributed by atoms with van der Waals surface area (Å²) in [5.74, 6) is 0.736. The number of aliphatic hydroxyl groups excluding tert-OH is 1. The van der Waals surface area contributed by atoms with Crippen LogP contribution < -0.4 is 10.5 Å². The van der Waals surface area contributed by atoms with E-state index >= 15 is 0 Å². The highest BCUT2D eigenvalue weighted by atomic mass is 16.5. The van der Waals surface area contributed by atoms with Gasteiger partial charge in [-0.3, -0.25) is 0 Å². The molecule has 0 aliphatic rings. The molecule has 3 nitrogen and oxygen atoms in total. The van der Waals surface area contributed by atoms with E-state index in [-0.39, 0.29) is 6.04 Å². The van der Waals surface area contributed by atoms with Crippen molar-refractivity contribution in [2.24, 2.45) is 5.73 Å². The molecule has 0 radical (unpaired) electrons. The summed E-state index contributed by atoms with van der Waals surface area (Å²) in [7, 11) is 1.61. The minimum absolute atomic E-state index is 0.374. The van der Waals surface area contributed by atoms with Crippen LogP contribution in [-0.2, 0) is 0 Å². The molecular formula is C12H19NO2. The number of hydrogen-bond donors (Lipinski definition) is 2. The Labute approximate surface area is 90.9 Å². The zero-order valence-electron chi connectivity index (χ0n) is 9.31. The van der Waals surface area contributed by atoms with Crippen molar-refractivity contribution in [3.63, 3.8) is 0 Å². The number of ether oxygens (including phenoxy) is 1. The quantitative estimate of drug-likeness (QED) is 0.778. The lowest BCUT2D eigenvalue weighted by molar-refractivity contribution is 0.133. The molecule has 3 heteroatoms. The van der Waals surface area contributed by atoms with Crippen molar-refractivity contribution in [3.8, 4) is 5.75 Å². The molecule has 0 bridgehead atoms. The summed E-state index contributed by atoms with van der Waals surface area (Å²) in [6.07, 6.45) is 1.12. The van der Waals surface area contributed by atoms with Crippen LogP contribution in [0.5, 0.6) is 5.75 Å². The smallest absolute Gasteiger partial charge is 0.123 e. The van der Waals surface area contributed by atoms with Crippen LogP contribution >= 0.6 is 0 Å². The molecular weight excluding hydrogens is 190 g/mol. The Morgan fingerprint density at radius 3 is 2.67 bits per heavy atom. The monoisotopic (exact) mass is 209 g/mol. The maximum absolute atomic E-state index is 9.81. The number of hydrogen-bond acceptors (Lipinski definition) is 3. The molecule has 15 heavy (non-hydrogen) atoms. The van der Waals surface area contributed by atoms with Crippen LogP contribution in [0.3, 0.4) is 0 Å². The summed E-state index contributed by atoms with van der Waals surface area (Å²) in [5.41, 5.74) is 6.83. The molecule has 1 rings (SSSR count). The minimum atomic E-state index is -0.508. The predicted octanol–water partition coefficient (Wildman–Crippen LogP) is 1.86. The van der Waals surface area contributed by atoms with Crippen LogP contribution in [0.25, 0.3) is 0 Å². The molecule has 0 heterocycles. The van der Waals surface area contributed by atoms with E-state index in [9.17, 15) is 5.11 Å². The van der Waals surface area contributed by atoms with Gasteiger partial charge in [-0.15, -0.1) is 0 Å². The van der Waals surface area contributed by atoms with E-state index in [1.54, 1.807) is 7.11 Å². The van der Waals surface area contributed by atoms with E-state index in [1.807, 2.05) is 31.2 Å². The van der Waals surface area contributed by atoms with Crippen molar-refractivity contribution in [2.75, 3.05) is 7.11 Å². The van der Waals surface area contributed by atoms with Crippen molar-refractivity contribution >= 4 is 0 Å². The molecule has 84 valence electrons. The van der Waals surface area contributed by atoms with Gasteiger partial charge in [0, 0.05) is 5.56 Å². The van der Waals surface area contributed by atoms with E-state index < -0.39 is 6.10 Å². The molecule has 0 aromatic heterocycles. The van der Waals surface area contributed by atoms with Gasteiger partial charge in [0.25, 0.3) is 0 Å². The van der Waals surface area contributed by atoms with Gasteiger partial charge in [-0.1, -0.05) is 31.5 Å². The summed E-state index contributed by atoms with van der Waals surface area (Å²) in [6, 6.07) is 7.16. The van der Waals surface area contributed by atoms with Gasteiger partial charge in [0.05, 0.1) is 19.3 Å². The third kappa shape index (κ3) is 2.94. The fourth-order valence-electron chi connectivity index (χ4n) is 1.62. The van der Waals surface area contributed by atoms with Gasteiger partial charge in [0.2, 0.25) is 0 Å². The average molecular weight is 209 g/mol. The largest absolute Gasteiger partial charge is 0.496 e. The van der Waals surface area contributed by atoms with Gasteiger partial charge in [-0.2, -0.15) is 0 Å². The third-order valence-corrected chi connectivity index (χ3v) is 2.50. The highest BCUT2D eigenvalue weighted by molar-refractivity contribution is 5.36. The molecule has 3 N–H and O–H groups in total. The molecule has 1 aromatic rings. The first-order chi connectivity index (χ1) is 7.20. The Morgan fingerprint density at radius 1 is 1.40 bits per heavy atom. The van der Waals surface area contributed by atoms with Crippen LogP contribution in [0.1, 0.15) is 31.4 Å². The lowest BCUT2D eigenvalue weighted by atomic mass is 9.98. The molecule has 0 spiro atoms. The Kier molecular flexibility index (Phi) is 4.59. The van der Waals surface area contributed by atoms with Gasteiger partial charge in [0.15, 0.2) is 0 Å². The van der Waals surface area contributed by atoms with Crippen molar-refractivity contribution < 1.29 is 9.84 Å². The first-order valence-electron chi connectivity index (χ1n) is 5.27. The van der Waals surface area contributed by atoms with Crippen molar-refractivity contribution in [1.82, 2.24) is 0 Å². The molecule has 1 aromatic carbocycles. The molecule has 2 atom stereocenters. The number of benzene rings is 1. The van der Waals surface area contributed by atoms with Gasteiger partial charge >= 0.3 is 0 Å². The molecule has 0 saturated heterocycles. The van der Waals surface area contributed by atoms with Crippen LogP contribution in [-0.4, -0.2) is 18.3 Å². The predicted molar refractivity (Wildman–Crippen MR) is 60.8 cm³/mol. The SMILES string of the molecule is CCC[C@H](O)[C@H](N)c1ccccc1OC. The summed E-state index contributed by atoms with van der Waals surface area (Å²) in [6.45, 7) is 2.03. The highest BCUT2D eigenvalue weighted by Gasteiger charge is 2.18. The van der Waals surface area contributed by atoms with E-state index in [0.29, 0.717) is 6.42 Å². The molecule has 0 aliphatic carbocycles. The van der Waals surface area contributed by atoms with Crippen molar-refractivity contribution in [2.45, 2.75) is 31.9 Å². The van der Waals surface area contributed by atoms with Crippen molar-refractivity contribution in [3.05, 3.63) is 29.8 Å². The topological polar surface area (TPSA) is 55.5 Å². The van der Waals surface area contributed by atoms with E-state index in [4.69, 9.17) is 10.5 Å². The summed E-state index contributed by atoms with van der Waals surface area (Å²) in [4.78, 5) is 0. The second kappa shape index (κ2) is 5.73. The second-order valence-electron chi connectivity index (χ2n) is 3.62. The van der Waals surface area contributed by atoms with E-state index in [2.05, 4.69) is 0 Å². The van der Waals surface area contributed by atoms with Crippen LogP contribution in [0, 0.1) is 0 Å². The van der Waals surface area contributed by atoms with Crippen LogP contribution in [0.4, 0.5) is 0 Å². The van der Waals surface area contributed by atoms with Gasteiger partial charge in [-0.05, 0) is 12.5 Å². The second-order valence-corrected chi connectivity index (χ2v) is 3.62. The first-order valence-corrected chi connectivity index (χ1v) is 5.27. The Bertz CT molecular complexity index is 301. The van der Waals surface area contributed by atoms with Gasteiger partial charge in [-0.25, -0.2) is 0 Å². The standard InChI is InChI=1S/C12H19NO2/c1-3-6-10(14)12(13)9-7-4-5-8-11(9)15-2/h4-5,7-8,10,12,14H,3,6,13H2,1-2H3/t10-,12+/m0/s1. The Hall–Kier alpha value is -1.06. The molecule has 0 amide bonds. The van der Waals surface area contributed by atoms with Gasteiger partial charge < -0.3 is 15.6 Å². The Morgan fingerprint density at radius 2 is 2.07 bits per heavy atom. The summed E-state index contributed by atoms with van der Waals surface area (Å²) >= 11 is 0. The number of para-hydroxylation sites is 1. The zero-order valence-corrected chi connectivity index (χ0v) is 9.31. The zero-order chi connectivity index (χ0) is 11.3. The lowest BCUT2D eigenvalue weighted by Gasteiger charge is -2.20. The molecule has 0 saturated carbocycles. The molecule has 0 fully saturated rings.